The Balaban J connectivity index is 1.72. The van der Waals surface area contributed by atoms with Gasteiger partial charge in [0.1, 0.15) is 5.75 Å². The van der Waals surface area contributed by atoms with Crippen LogP contribution in [0.3, 0.4) is 0 Å². The molecule has 0 aliphatic heterocycles. The lowest BCUT2D eigenvalue weighted by Crippen LogP contribution is -2.18. The molecular formula is C24H24N2O3. The summed E-state index contributed by atoms with van der Waals surface area (Å²) in [6.07, 6.45) is 0. The molecule has 148 valence electrons. The summed E-state index contributed by atoms with van der Waals surface area (Å²) in [5, 5.41) is 5.68. The number of hydrogen-bond acceptors (Lipinski definition) is 3. The monoisotopic (exact) mass is 388 g/mol. The van der Waals surface area contributed by atoms with Gasteiger partial charge in [-0.2, -0.15) is 0 Å². The average Bonchev–Trinajstić information content (AvgIpc) is 2.75. The van der Waals surface area contributed by atoms with Gasteiger partial charge in [0, 0.05) is 23.2 Å². The predicted octanol–water partition coefficient (Wildman–Crippen LogP) is 5.21. The minimum atomic E-state index is -0.217. The molecule has 0 saturated heterocycles. The van der Waals surface area contributed by atoms with E-state index in [1.54, 1.807) is 30.3 Å². The molecule has 5 nitrogen and oxygen atoms in total. The third kappa shape index (κ3) is 5.02. The number of nitrogens with one attached hydrogen (secondary N) is 2. The van der Waals surface area contributed by atoms with Crippen LogP contribution in [0, 0.1) is 5.92 Å². The van der Waals surface area contributed by atoms with Crippen molar-refractivity contribution in [1.29, 1.82) is 0 Å². The van der Waals surface area contributed by atoms with E-state index in [0.29, 0.717) is 22.7 Å². The van der Waals surface area contributed by atoms with Crippen molar-refractivity contribution in [1.82, 2.24) is 0 Å². The van der Waals surface area contributed by atoms with Gasteiger partial charge in [-0.3, -0.25) is 9.59 Å². The molecule has 0 saturated carbocycles. The highest BCUT2D eigenvalue weighted by atomic mass is 16.5. The Morgan fingerprint density at radius 3 is 2.10 bits per heavy atom. The number of ether oxygens (including phenoxy) is 1. The van der Waals surface area contributed by atoms with Crippen LogP contribution in [-0.2, 0) is 4.79 Å². The zero-order chi connectivity index (χ0) is 20.8. The predicted molar refractivity (Wildman–Crippen MR) is 116 cm³/mol. The van der Waals surface area contributed by atoms with E-state index < -0.39 is 0 Å². The van der Waals surface area contributed by atoms with E-state index in [1.807, 2.05) is 56.3 Å². The fourth-order valence-electron chi connectivity index (χ4n) is 2.80. The Labute approximate surface area is 170 Å². The SMILES string of the molecule is COc1cc(NC(=O)c2ccc(-c3ccccc3)cc2)ccc1NC(=O)C(C)C. The molecule has 0 aliphatic rings. The van der Waals surface area contributed by atoms with Crippen LogP contribution >= 0.6 is 0 Å². The van der Waals surface area contributed by atoms with Crippen molar-refractivity contribution < 1.29 is 14.3 Å². The van der Waals surface area contributed by atoms with Crippen LogP contribution in [0.1, 0.15) is 24.2 Å². The Bertz CT molecular complexity index is 996. The summed E-state index contributed by atoms with van der Waals surface area (Å²) in [6, 6.07) is 22.6. The lowest BCUT2D eigenvalue weighted by molar-refractivity contribution is -0.118. The highest BCUT2D eigenvalue weighted by Gasteiger charge is 2.13. The van der Waals surface area contributed by atoms with Crippen molar-refractivity contribution in [2.24, 2.45) is 5.92 Å². The van der Waals surface area contributed by atoms with Gasteiger partial charge in [0.25, 0.3) is 5.91 Å². The zero-order valence-electron chi connectivity index (χ0n) is 16.7. The van der Waals surface area contributed by atoms with E-state index in [1.165, 1.54) is 7.11 Å². The molecular weight excluding hydrogens is 364 g/mol. The first-order chi connectivity index (χ1) is 14.0. The molecule has 0 heterocycles. The van der Waals surface area contributed by atoms with E-state index in [4.69, 9.17) is 4.74 Å². The molecule has 3 aromatic rings. The fraction of sp³-hybridized carbons (Fsp3) is 0.167. The molecule has 0 aliphatic carbocycles. The minimum absolute atomic E-state index is 0.0985. The van der Waals surface area contributed by atoms with Crippen LogP contribution in [-0.4, -0.2) is 18.9 Å². The van der Waals surface area contributed by atoms with Gasteiger partial charge >= 0.3 is 0 Å². The van der Waals surface area contributed by atoms with E-state index in [2.05, 4.69) is 10.6 Å². The normalized spacial score (nSPS) is 10.5. The minimum Gasteiger partial charge on any atom is -0.494 e. The lowest BCUT2D eigenvalue weighted by Gasteiger charge is -2.14. The van der Waals surface area contributed by atoms with E-state index in [9.17, 15) is 9.59 Å². The van der Waals surface area contributed by atoms with Crippen LogP contribution in [0.15, 0.2) is 72.8 Å². The van der Waals surface area contributed by atoms with Gasteiger partial charge in [0.2, 0.25) is 5.91 Å². The molecule has 5 heteroatoms. The van der Waals surface area contributed by atoms with Gasteiger partial charge < -0.3 is 15.4 Å². The van der Waals surface area contributed by atoms with Gasteiger partial charge in [-0.15, -0.1) is 0 Å². The summed E-state index contributed by atoms with van der Waals surface area (Å²) >= 11 is 0. The van der Waals surface area contributed by atoms with Gasteiger partial charge in [0.15, 0.2) is 0 Å². The van der Waals surface area contributed by atoms with Crippen LogP contribution in [0.25, 0.3) is 11.1 Å². The zero-order valence-corrected chi connectivity index (χ0v) is 16.7. The molecule has 2 N–H and O–H groups in total. The van der Waals surface area contributed by atoms with Crippen molar-refractivity contribution in [3.63, 3.8) is 0 Å². The second kappa shape index (κ2) is 9.06. The highest BCUT2D eigenvalue weighted by molar-refractivity contribution is 6.05. The number of hydrogen-bond donors (Lipinski definition) is 2. The smallest absolute Gasteiger partial charge is 0.255 e. The fourth-order valence-corrected chi connectivity index (χ4v) is 2.80. The van der Waals surface area contributed by atoms with Gasteiger partial charge in [-0.05, 0) is 35.4 Å². The summed E-state index contributed by atoms with van der Waals surface area (Å²) in [5.74, 6) is 0.0263. The third-order valence-corrected chi connectivity index (χ3v) is 4.50. The molecule has 3 aromatic carbocycles. The Morgan fingerprint density at radius 1 is 0.828 bits per heavy atom. The maximum atomic E-state index is 12.6. The second-order valence-electron chi connectivity index (χ2n) is 6.96. The van der Waals surface area contributed by atoms with E-state index >= 15 is 0 Å². The second-order valence-corrected chi connectivity index (χ2v) is 6.96. The first kappa shape index (κ1) is 20.1. The summed E-state index contributed by atoms with van der Waals surface area (Å²) in [7, 11) is 1.52. The quantitative estimate of drug-likeness (QED) is 0.609. The molecule has 3 rings (SSSR count). The molecule has 2 amide bonds. The largest absolute Gasteiger partial charge is 0.494 e. The number of carbonyl (C=O) groups is 2. The maximum absolute atomic E-state index is 12.6. The van der Waals surface area contributed by atoms with E-state index in [-0.39, 0.29) is 17.7 Å². The first-order valence-corrected chi connectivity index (χ1v) is 9.43. The molecule has 0 fully saturated rings. The number of anilines is 2. The average molecular weight is 388 g/mol. The van der Waals surface area contributed by atoms with Crippen molar-refractivity contribution >= 4 is 23.2 Å². The Kier molecular flexibility index (Phi) is 6.29. The molecule has 0 unspecified atom stereocenters. The summed E-state index contributed by atoms with van der Waals surface area (Å²) in [5.41, 5.74) is 3.86. The van der Waals surface area contributed by atoms with Crippen molar-refractivity contribution in [2.45, 2.75) is 13.8 Å². The molecule has 0 aromatic heterocycles. The van der Waals surface area contributed by atoms with Crippen molar-refractivity contribution in [3.05, 3.63) is 78.4 Å². The standard InChI is InChI=1S/C24H24N2O3/c1-16(2)23(27)26-21-14-13-20(15-22(21)29-3)25-24(28)19-11-9-18(10-12-19)17-7-5-4-6-8-17/h4-16H,1-3H3,(H,25,28)(H,26,27). The van der Waals surface area contributed by atoms with Crippen LogP contribution < -0.4 is 15.4 Å². The van der Waals surface area contributed by atoms with Crippen molar-refractivity contribution in [2.75, 3.05) is 17.7 Å². The first-order valence-electron chi connectivity index (χ1n) is 9.43. The van der Waals surface area contributed by atoms with Gasteiger partial charge in [-0.25, -0.2) is 0 Å². The van der Waals surface area contributed by atoms with Crippen molar-refractivity contribution in [3.8, 4) is 16.9 Å². The third-order valence-electron chi connectivity index (χ3n) is 4.50. The number of benzene rings is 3. The topological polar surface area (TPSA) is 67.4 Å². The van der Waals surface area contributed by atoms with Gasteiger partial charge in [0.05, 0.1) is 12.8 Å². The number of rotatable bonds is 6. The molecule has 0 atom stereocenters. The summed E-state index contributed by atoms with van der Waals surface area (Å²) < 4.78 is 5.35. The lowest BCUT2D eigenvalue weighted by atomic mass is 10.0. The summed E-state index contributed by atoms with van der Waals surface area (Å²) in [4.78, 5) is 24.5. The Hall–Kier alpha value is -3.60. The molecule has 0 spiro atoms. The van der Waals surface area contributed by atoms with Crippen LogP contribution in [0.5, 0.6) is 5.75 Å². The number of carbonyl (C=O) groups excluding carboxylic acids is 2. The maximum Gasteiger partial charge on any atom is 0.255 e. The Morgan fingerprint density at radius 2 is 1.48 bits per heavy atom. The number of amides is 2. The molecule has 0 bridgehead atoms. The highest BCUT2D eigenvalue weighted by Crippen LogP contribution is 2.29. The summed E-state index contributed by atoms with van der Waals surface area (Å²) in [6.45, 7) is 3.64. The van der Waals surface area contributed by atoms with Crippen LogP contribution in [0.4, 0.5) is 11.4 Å². The van der Waals surface area contributed by atoms with Gasteiger partial charge in [-0.1, -0.05) is 56.3 Å². The van der Waals surface area contributed by atoms with Crippen LogP contribution in [0.2, 0.25) is 0 Å². The number of methoxy groups -OCH3 is 1. The van der Waals surface area contributed by atoms with E-state index in [0.717, 1.165) is 11.1 Å². The molecule has 29 heavy (non-hydrogen) atoms. The molecule has 0 radical (unpaired) electrons.